The SMILES string of the molecule is CCCC(C(=O)O)C1(O)CCC2(CC1)OCCO2. The fourth-order valence-corrected chi connectivity index (χ4v) is 3.11. The first-order valence-electron chi connectivity index (χ1n) is 6.74. The van der Waals surface area contributed by atoms with Crippen LogP contribution in [0.4, 0.5) is 0 Å². The van der Waals surface area contributed by atoms with Crippen LogP contribution in [0.15, 0.2) is 0 Å². The topological polar surface area (TPSA) is 76.0 Å². The second kappa shape index (κ2) is 5.15. The number of aliphatic carboxylic acids is 1. The summed E-state index contributed by atoms with van der Waals surface area (Å²) in [5.41, 5.74) is -1.11. The highest BCUT2D eigenvalue weighted by molar-refractivity contribution is 5.71. The van der Waals surface area contributed by atoms with Crippen LogP contribution in [0.1, 0.15) is 45.4 Å². The molecule has 0 aromatic rings. The minimum Gasteiger partial charge on any atom is -0.481 e. The molecule has 2 fully saturated rings. The minimum absolute atomic E-state index is 0.434. The summed E-state index contributed by atoms with van der Waals surface area (Å²) in [6.45, 7) is 3.12. The van der Waals surface area contributed by atoms with Crippen LogP contribution in [-0.2, 0) is 14.3 Å². The van der Waals surface area contributed by atoms with Crippen LogP contribution in [0.25, 0.3) is 0 Å². The number of carboxylic acids is 1. The maximum Gasteiger partial charge on any atom is 0.309 e. The smallest absolute Gasteiger partial charge is 0.309 e. The average Bonchev–Trinajstić information content (AvgIpc) is 2.79. The molecule has 5 nitrogen and oxygen atoms in total. The normalized spacial score (nSPS) is 27.2. The average molecular weight is 258 g/mol. The van der Waals surface area contributed by atoms with Gasteiger partial charge in [-0.3, -0.25) is 4.79 Å². The highest BCUT2D eigenvalue weighted by atomic mass is 16.7. The van der Waals surface area contributed by atoms with E-state index in [0.29, 0.717) is 45.3 Å². The number of hydrogen-bond donors (Lipinski definition) is 2. The molecule has 0 radical (unpaired) electrons. The van der Waals surface area contributed by atoms with E-state index in [4.69, 9.17) is 9.47 Å². The summed E-state index contributed by atoms with van der Waals surface area (Å²) in [4.78, 5) is 11.3. The largest absolute Gasteiger partial charge is 0.481 e. The number of rotatable bonds is 4. The standard InChI is InChI=1S/C13H22O5/c1-2-3-10(11(14)15)12(16)4-6-13(7-5-12)17-8-9-18-13/h10,16H,2-9H2,1H3,(H,14,15). The lowest BCUT2D eigenvalue weighted by Crippen LogP contribution is -2.50. The van der Waals surface area contributed by atoms with Crippen LogP contribution in [-0.4, -0.2) is 40.8 Å². The summed E-state index contributed by atoms with van der Waals surface area (Å²) in [6.07, 6.45) is 3.31. The number of aliphatic hydroxyl groups is 1. The van der Waals surface area contributed by atoms with Gasteiger partial charge < -0.3 is 19.7 Å². The molecule has 1 saturated carbocycles. The number of hydrogen-bond acceptors (Lipinski definition) is 4. The van der Waals surface area contributed by atoms with E-state index >= 15 is 0 Å². The molecule has 1 spiro atoms. The van der Waals surface area contributed by atoms with Crippen LogP contribution < -0.4 is 0 Å². The van der Waals surface area contributed by atoms with Crippen LogP contribution in [0.2, 0.25) is 0 Å². The van der Waals surface area contributed by atoms with Gasteiger partial charge in [0.05, 0.1) is 24.7 Å². The molecule has 0 aromatic carbocycles. The summed E-state index contributed by atoms with van der Waals surface area (Å²) in [5.74, 6) is -2.13. The van der Waals surface area contributed by atoms with Crippen molar-refractivity contribution in [2.45, 2.75) is 56.8 Å². The van der Waals surface area contributed by atoms with Crippen molar-refractivity contribution in [3.63, 3.8) is 0 Å². The van der Waals surface area contributed by atoms with Crippen molar-refractivity contribution in [3.05, 3.63) is 0 Å². The Morgan fingerprint density at radius 3 is 2.22 bits per heavy atom. The van der Waals surface area contributed by atoms with E-state index in [0.717, 1.165) is 6.42 Å². The lowest BCUT2D eigenvalue weighted by atomic mass is 9.72. The van der Waals surface area contributed by atoms with E-state index in [1.54, 1.807) is 0 Å². The molecule has 104 valence electrons. The van der Waals surface area contributed by atoms with Gasteiger partial charge in [-0.05, 0) is 19.3 Å². The van der Waals surface area contributed by atoms with Gasteiger partial charge in [0.25, 0.3) is 0 Å². The van der Waals surface area contributed by atoms with Crippen molar-refractivity contribution in [1.29, 1.82) is 0 Å². The summed E-state index contributed by atoms with van der Waals surface area (Å²) < 4.78 is 11.2. The van der Waals surface area contributed by atoms with E-state index in [1.165, 1.54) is 0 Å². The fraction of sp³-hybridized carbons (Fsp3) is 0.923. The number of ether oxygens (including phenoxy) is 2. The highest BCUT2D eigenvalue weighted by Crippen LogP contribution is 2.44. The Morgan fingerprint density at radius 2 is 1.78 bits per heavy atom. The Balaban J connectivity index is 2.02. The molecule has 1 unspecified atom stereocenters. The Hall–Kier alpha value is -0.650. The lowest BCUT2D eigenvalue weighted by Gasteiger charge is -2.43. The van der Waals surface area contributed by atoms with Crippen molar-refractivity contribution in [3.8, 4) is 0 Å². The highest BCUT2D eigenvalue weighted by Gasteiger charge is 2.50. The van der Waals surface area contributed by atoms with E-state index in [1.807, 2.05) is 6.92 Å². The molecule has 0 bridgehead atoms. The molecule has 1 aliphatic heterocycles. The zero-order valence-corrected chi connectivity index (χ0v) is 10.9. The molecule has 0 amide bonds. The Morgan fingerprint density at radius 1 is 1.22 bits per heavy atom. The van der Waals surface area contributed by atoms with Gasteiger partial charge in [-0.2, -0.15) is 0 Å². The van der Waals surface area contributed by atoms with Crippen LogP contribution in [0.3, 0.4) is 0 Å². The summed E-state index contributed by atoms with van der Waals surface area (Å²) in [7, 11) is 0. The summed E-state index contributed by atoms with van der Waals surface area (Å²) >= 11 is 0. The van der Waals surface area contributed by atoms with Gasteiger partial charge in [-0.15, -0.1) is 0 Å². The van der Waals surface area contributed by atoms with E-state index in [2.05, 4.69) is 0 Å². The molecule has 1 atom stereocenters. The Kier molecular flexibility index (Phi) is 3.94. The number of carboxylic acid groups (broad SMARTS) is 1. The maximum absolute atomic E-state index is 11.3. The zero-order chi connectivity index (χ0) is 13.2. The Labute approximate surface area is 107 Å². The van der Waals surface area contributed by atoms with Crippen molar-refractivity contribution in [2.24, 2.45) is 5.92 Å². The van der Waals surface area contributed by atoms with Crippen molar-refractivity contribution < 1.29 is 24.5 Å². The first kappa shape index (κ1) is 13.8. The van der Waals surface area contributed by atoms with Crippen LogP contribution in [0, 0.1) is 5.92 Å². The molecule has 2 rings (SSSR count). The molecular formula is C13H22O5. The minimum atomic E-state index is -1.11. The first-order chi connectivity index (χ1) is 8.51. The molecule has 1 saturated heterocycles. The molecule has 0 aromatic heterocycles. The van der Waals surface area contributed by atoms with Gasteiger partial charge in [-0.1, -0.05) is 13.3 Å². The van der Waals surface area contributed by atoms with Gasteiger partial charge in [0.1, 0.15) is 0 Å². The van der Waals surface area contributed by atoms with Crippen LogP contribution in [0.5, 0.6) is 0 Å². The zero-order valence-electron chi connectivity index (χ0n) is 10.9. The van der Waals surface area contributed by atoms with Gasteiger partial charge >= 0.3 is 5.97 Å². The monoisotopic (exact) mass is 258 g/mol. The first-order valence-corrected chi connectivity index (χ1v) is 6.74. The predicted octanol–water partition coefficient (Wildman–Crippen LogP) is 1.54. The second-order valence-corrected chi connectivity index (χ2v) is 5.39. The number of carbonyl (C=O) groups is 1. The van der Waals surface area contributed by atoms with E-state index in [9.17, 15) is 15.0 Å². The molecule has 2 aliphatic rings. The van der Waals surface area contributed by atoms with Crippen molar-refractivity contribution in [1.82, 2.24) is 0 Å². The van der Waals surface area contributed by atoms with E-state index < -0.39 is 23.3 Å². The molecule has 1 aliphatic carbocycles. The second-order valence-electron chi connectivity index (χ2n) is 5.39. The third kappa shape index (κ3) is 2.53. The van der Waals surface area contributed by atoms with Gasteiger partial charge in [0.2, 0.25) is 0 Å². The van der Waals surface area contributed by atoms with Crippen LogP contribution >= 0.6 is 0 Å². The van der Waals surface area contributed by atoms with Gasteiger partial charge in [-0.25, -0.2) is 0 Å². The molecule has 1 heterocycles. The third-order valence-electron chi connectivity index (χ3n) is 4.22. The summed E-state index contributed by atoms with van der Waals surface area (Å²) in [5, 5.41) is 19.8. The quantitative estimate of drug-likeness (QED) is 0.800. The van der Waals surface area contributed by atoms with E-state index in [-0.39, 0.29) is 0 Å². The summed E-state index contributed by atoms with van der Waals surface area (Å²) in [6, 6.07) is 0. The molecular weight excluding hydrogens is 236 g/mol. The van der Waals surface area contributed by atoms with Crippen molar-refractivity contribution in [2.75, 3.05) is 13.2 Å². The fourth-order valence-electron chi connectivity index (χ4n) is 3.11. The molecule has 5 heteroatoms. The molecule has 2 N–H and O–H groups in total. The Bertz CT molecular complexity index is 299. The van der Waals surface area contributed by atoms with Crippen molar-refractivity contribution >= 4 is 5.97 Å². The molecule has 18 heavy (non-hydrogen) atoms. The maximum atomic E-state index is 11.3. The third-order valence-corrected chi connectivity index (χ3v) is 4.22. The van der Waals surface area contributed by atoms with Gasteiger partial charge in [0.15, 0.2) is 5.79 Å². The van der Waals surface area contributed by atoms with Gasteiger partial charge in [0, 0.05) is 12.8 Å². The predicted molar refractivity (Wildman–Crippen MR) is 64.1 cm³/mol. The lowest BCUT2D eigenvalue weighted by molar-refractivity contribution is -0.213.